The Balaban J connectivity index is 1.47. The summed E-state index contributed by atoms with van der Waals surface area (Å²) in [7, 11) is 0. The fraction of sp³-hybridized carbons (Fsp3) is 0.429. The molecule has 2 atom stereocenters. The lowest BCUT2D eigenvalue weighted by atomic mass is 10.1. The molecule has 8 nitrogen and oxygen atoms in total. The summed E-state index contributed by atoms with van der Waals surface area (Å²) >= 11 is 0. The van der Waals surface area contributed by atoms with E-state index in [9.17, 15) is 4.79 Å². The van der Waals surface area contributed by atoms with Crippen LogP contribution in [0.2, 0.25) is 0 Å². The summed E-state index contributed by atoms with van der Waals surface area (Å²) in [6, 6.07) is 8.07. The first-order valence-corrected chi connectivity index (χ1v) is 9.82. The third-order valence-electron chi connectivity index (χ3n) is 5.12. The van der Waals surface area contributed by atoms with Gasteiger partial charge >= 0.3 is 0 Å². The van der Waals surface area contributed by atoms with Crippen LogP contribution in [0, 0.1) is 20.8 Å². The van der Waals surface area contributed by atoms with E-state index in [-0.39, 0.29) is 24.6 Å². The topological polar surface area (TPSA) is 88.9 Å². The molecule has 1 aliphatic rings. The first-order chi connectivity index (χ1) is 14.0. The van der Waals surface area contributed by atoms with E-state index in [1.54, 1.807) is 10.9 Å². The summed E-state index contributed by atoms with van der Waals surface area (Å²) in [5, 5.41) is 11.4. The van der Waals surface area contributed by atoms with E-state index in [1.165, 1.54) is 5.56 Å². The molecule has 29 heavy (non-hydrogen) atoms. The monoisotopic (exact) mass is 394 g/mol. The zero-order valence-electron chi connectivity index (χ0n) is 17.0. The van der Waals surface area contributed by atoms with Gasteiger partial charge in [-0.1, -0.05) is 29.8 Å². The van der Waals surface area contributed by atoms with Crippen LogP contribution in [0.25, 0.3) is 0 Å². The maximum atomic E-state index is 13.0. The molecule has 1 fully saturated rings. The van der Waals surface area contributed by atoms with E-state index in [2.05, 4.69) is 45.4 Å². The van der Waals surface area contributed by atoms with E-state index in [0.29, 0.717) is 25.4 Å². The van der Waals surface area contributed by atoms with Crippen molar-refractivity contribution in [3.8, 4) is 0 Å². The standard InChI is InChI=1S/C21H26N6O2/c1-14-5-4-6-17(7-14)13-29-18-8-19(21-23-16(3)24-25-21)27(11-18)20(28)12-26-10-15(2)9-22-26/h4-7,9-10,18-19H,8,11-13H2,1-3H3,(H,23,24,25). The fourth-order valence-corrected chi connectivity index (χ4v) is 3.75. The van der Waals surface area contributed by atoms with Crippen molar-refractivity contribution in [1.29, 1.82) is 0 Å². The molecule has 8 heteroatoms. The molecule has 1 N–H and O–H groups in total. The van der Waals surface area contributed by atoms with Crippen LogP contribution >= 0.6 is 0 Å². The van der Waals surface area contributed by atoms with Gasteiger partial charge in [-0.15, -0.1) is 0 Å². The minimum Gasteiger partial charge on any atom is -0.372 e. The first kappa shape index (κ1) is 19.3. The highest BCUT2D eigenvalue weighted by Crippen LogP contribution is 2.32. The highest BCUT2D eigenvalue weighted by Gasteiger charge is 2.39. The van der Waals surface area contributed by atoms with Gasteiger partial charge in [-0.2, -0.15) is 10.2 Å². The number of nitrogens with zero attached hydrogens (tertiary/aromatic N) is 5. The molecule has 3 aromatic rings. The minimum absolute atomic E-state index is 0.0118. The minimum atomic E-state index is -0.202. The molecule has 1 aromatic carbocycles. The molecule has 1 saturated heterocycles. The second-order valence-electron chi connectivity index (χ2n) is 7.71. The number of carbonyl (C=O) groups is 1. The highest BCUT2D eigenvalue weighted by atomic mass is 16.5. The van der Waals surface area contributed by atoms with Gasteiger partial charge < -0.3 is 9.64 Å². The summed E-state index contributed by atoms with van der Waals surface area (Å²) in [4.78, 5) is 19.3. The van der Waals surface area contributed by atoms with Crippen molar-refractivity contribution in [3.63, 3.8) is 0 Å². The Bertz CT molecular complexity index is 994. The smallest absolute Gasteiger partial charge is 0.245 e. The molecule has 3 heterocycles. The van der Waals surface area contributed by atoms with Gasteiger partial charge in [-0.05, 0) is 31.9 Å². The number of amides is 1. The zero-order chi connectivity index (χ0) is 20.4. The van der Waals surface area contributed by atoms with Crippen LogP contribution in [-0.4, -0.2) is 48.4 Å². The Morgan fingerprint density at radius 1 is 1.28 bits per heavy atom. The predicted octanol–water partition coefficient (Wildman–Crippen LogP) is 2.49. The molecule has 0 bridgehead atoms. The number of benzene rings is 1. The Hall–Kier alpha value is -3.00. The third-order valence-corrected chi connectivity index (χ3v) is 5.12. The summed E-state index contributed by atoms with van der Waals surface area (Å²) in [6.45, 7) is 7.11. The fourth-order valence-electron chi connectivity index (χ4n) is 3.75. The Morgan fingerprint density at radius 3 is 2.83 bits per heavy atom. The number of hydrogen-bond acceptors (Lipinski definition) is 5. The molecule has 0 saturated carbocycles. The van der Waals surface area contributed by atoms with Crippen molar-refractivity contribution >= 4 is 5.91 Å². The van der Waals surface area contributed by atoms with Crippen LogP contribution < -0.4 is 0 Å². The molecule has 4 rings (SSSR count). The van der Waals surface area contributed by atoms with Crippen LogP contribution in [0.4, 0.5) is 0 Å². The molecule has 2 unspecified atom stereocenters. The Kier molecular flexibility index (Phi) is 5.44. The van der Waals surface area contributed by atoms with Gasteiger partial charge in [0.2, 0.25) is 5.91 Å². The number of aryl methyl sites for hydroxylation is 3. The molecule has 2 aromatic heterocycles. The van der Waals surface area contributed by atoms with E-state index >= 15 is 0 Å². The van der Waals surface area contributed by atoms with Gasteiger partial charge in [0.1, 0.15) is 12.4 Å². The second kappa shape index (κ2) is 8.16. The first-order valence-electron chi connectivity index (χ1n) is 9.82. The van der Waals surface area contributed by atoms with Crippen molar-refractivity contribution in [3.05, 3.63) is 65.0 Å². The van der Waals surface area contributed by atoms with Crippen molar-refractivity contribution in [2.75, 3.05) is 6.54 Å². The van der Waals surface area contributed by atoms with Gasteiger partial charge in [-0.3, -0.25) is 14.6 Å². The average molecular weight is 394 g/mol. The number of nitrogens with one attached hydrogen (secondary N) is 1. The molecule has 0 spiro atoms. The number of rotatable bonds is 6. The maximum absolute atomic E-state index is 13.0. The summed E-state index contributed by atoms with van der Waals surface area (Å²) in [5.41, 5.74) is 3.37. The van der Waals surface area contributed by atoms with E-state index in [0.717, 1.165) is 17.0 Å². The van der Waals surface area contributed by atoms with E-state index < -0.39 is 0 Å². The Morgan fingerprint density at radius 2 is 2.14 bits per heavy atom. The number of aromatic amines is 1. The van der Waals surface area contributed by atoms with Crippen LogP contribution in [0.5, 0.6) is 0 Å². The molecule has 1 amide bonds. The number of aromatic nitrogens is 5. The van der Waals surface area contributed by atoms with Crippen molar-refractivity contribution in [2.45, 2.75) is 52.5 Å². The molecule has 0 aliphatic carbocycles. The van der Waals surface area contributed by atoms with Gasteiger partial charge in [0, 0.05) is 19.2 Å². The molecule has 152 valence electrons. The van der Waals surface area contributed by atoms with Gasteiger partial charge in [0.05, 0.1) is 24.9 Å². The third kappa shape index (κ3) is 4.54. The van der Waals surface area contributed by atoms with Gasteiger partial charge in [-0.25, -0.2) is 4.98 Å². The quantitative estimate of drug-likeness (QED) is 0.694. The lowest BCUT2D eigenvalue weighted by Crippen LogP contribution is -2.35. The Labute approximate surface area is 169 Å². The van der Waals surface area contributed by atoms with Crippen LogP contribution in [0.1, 0.15) is 40.8 Å². The molecule has 0 radical (unpaired) electrons. The van der Waals surface area contributed by atoms with Crippen LogP contribution in [0.3, 0.4) is 0 Å². The van der Waals surface area contributed by atoms with Crippen molar-refractivity contribution in [2.24, 2.45) is 0 Å². The van der Waals surface area contributed by atoms with Crippen molar-refractivity contribution in [1.82, 2.24) is 29.9 Å². The average Bonchev–Trinajstić information content (AvgIpc) is 3.40. The number of ether oxygens (including phenoxy) is 1. The number of carbonyl (C=O) groups excluding carboxylic acids is 1. The van der Waals surface area contributed by atoms with Crippen LogP contribution in [0.15, 0.2) is 36.7 Å². The largest absolute Gasteiger partial charge is 0.372 e. The van der Waals surface area contributed by atoms with Gasteiger partial charge in [0.25, 0.3) is 0 Å². The maximum Gasteiger partial charge on any atom is 0.245 e. The summed E-state index contributed by atoms with van der Waals surface area (Å²) in [5.74, 6) is 1.36. The lowest BCUT2D eigenvalue weighted by Gasteiger charge is -2.22. The predicted molar refractivity (Wildman–Crippen MR) is 107 cm³/mol. The zero-order valence-corrected chi connectivity index (χ0v) is 17.0. The SMILES string of the molecule is Cc1cccc(COC2CC(c3n[nH]c(C)n3)N(C(=O)Cn3cc(C)cn3)C2)c1. The van der Waals surface area contributed by atoms with Crippen molar-refractivity contribution < 1.29 is 9.53 Å². The van der Waals surface area contributed by atoms with E-state index in [1.807, 2.05) is 31.0 Å². The number of hydrogen-bond donors (Lipinski definition) is 1. The van der Waals surface area contributed by atoms with Gasteiger partial charge in [0.15, 0.2) is 5.82 Å². The summed E-state index contributed by atoms with van der Waals surface area (Å²) < 4.78 is 7.82. The molecule has 1 aliphatic heterocycles. The number of H-pyrrole nitrogens is 1. The second-order valence-corrected chi connectivity index (χ2v) is 7.71. The van der Waals surface area contributed by atoms with Crippen LogP contribution in [-0.2, 0) is 22.7 Å². The normalized spacial score (nSPS) is 19.1. The van der Waals surface area contributed by atoms with E-state index in [4.69, 9.17) is 4.74 Å². The number of likely N-dealkylation sites (tertiary alicyclic amines) is 1. The highest BCUT2D eigenvalue weighted by molar-refractivity contribution is 5.76. The lowest BCUT2D eigenvalue weighted by molar-refractivity contribution is -0.133. The summed E-state index contributed by atoms with van der Waals surface area (Å²) in [6.07, 6.45) is 4.22. The molecular weight excluding hydrogens is 368 g/mol. The molecular formula is C21H26N6O2.